The summed E-state index contributed by atoms with van der Waals surface area (Å²) in [4.78, 5) is 2.28. The van der Waals surface area contributed by atoms with Gasteiger partial charge in [-0.1, -0.05) is 18.2 Å². The van der Waals surface area contributed by atoms with Gasteiger partial charge in [0.1, 0.15) is 0 Å². The van der Waals surface area contributed by atoms with Gasteiger partial charge in [0, 0.05) is 38.9 Å². The fourth-order valence-corrected chi connectivity index (χ4v) is 3.00. The molecule has 0 amide bonds. The smallest absolute Gasteiger partial charge is 0.279 e. The maximum absolute atomic E-state index is 11.7. The fourth-order valence-electron chi connectivity index (χ4n) is 2.34. The van der Waals surface area contributed by atoms with Gasteiger partial charge in [-0.2, -0.15) is 12.7 Å². The number of para-hydroxylation sites is 1. The third-order valence-electron chi connectivity index (χ3n) is 3.45. The Morgan fingerprint density at radius 3 is 2.63 bits per heavy atom. The van der Waals surface area contributed by atoms with E-state index >= 15 is 0 Å². The summed E-state index contributed by atoms with van der Waals surface area (Å²) in [5.41, 5.74) is 1.16. The van der Waals surface area contributed by atoms with E-state index in [9.17, 15) is 8.42 Å². The number of nitrogens with one attached hydrogen (secondary N) is 1. The van der Waals surface area contributed by atoms with Crippen molar-refractivity contribution in [3.63, 3.8) is 0 Å². The van der Waals surface area contributed by atoms with Crippen molar-refractivity contribution in [2.75, 3.05) is 32.1 Å². The number of hydrogen-bond donors (Lipinski definition) is 1. The van der Waals surface area contributed by atoms with Crippen molar-refractivity contribution in [2.45, 2.75) is 18.9 Å². The van der Waals surface area contributed by atoms with Crippen LogP contribution in [0.2, 0.25) is 0 Å². The summed E-state index contributed by atoms with van der Waals surface area (Å²) in [5.74, 6) is 0. The Kier molecular flexibility index (Phi) is 4.44. The number of nitrogens with zero attached hydrogens (tertiary/aromatic N) is 2. The van der Waals surface area contributed by atoms with Crippen molar-refractivity contribution in [3.8, 4) is 0 Å². The Labute approximate surface area is 115 Å². The zero-order valence-corrected chi connectivity index (χ0v) is 12.2. The quantitative estimate of drug-likeness (QED) is 0.879. The van der Waals surface area contributed by atoms with Crippen LogP contribution < -0.4 is 9.62 Å². The van der Waals surface area contributed by atoms with Crippen LogP contribution in [0.4, 0.5) is 5.69 Å². The topological polar surface area (TPSA) is 52.7 Å². The summed E-state index contributed by atoms with van der Waals surface area (Å²) in [6.45, 7) is 1.44. The summed E-state index contributed by atoms with van der Waals surface area (Å²) in [7, 11) is -0.267. The third-order valence-corrected chi connectivity index (χ3v) is 4.94. The van der Waals surface area contributed by atoms with Crippen LogP contribution in [0.1, 0.15) is 12.8 Å². The van der Waals surface area contributed by atoms with Crippen LogP contribution in [0, 0.1) is 0 Å². The van der Waals surface area contributed by atoms with Crippen LogP contribution >= 0.6 is 0 Å². The van der Waals surface area contributed by atoms with Crippen molar-refractivity contribution in [3.05, 3.63) is 30.3 Å². The molecule has 0 spiro atoms. The molecule has 0 bridgehead atoms. The minimum atomic E-state index is -3.33. The van der Waals surface area contributed by atoms with Crippen LogP contribution in [-0.2, 0) is 10.2 Å². The lowest BCUT2D eigenvalue weighted by molar-refractivity contribution is 0.498. The van der Waals surface area contributed by atoms with Crippen molar-refractivity contribution in [1.29, 1.82) is 0 Å². The maximum Gasteiger partial charge on any atom is 0.279 e. The van der Waals surface area contributed by atoms with Crippen molar-refractivity contribution in [2.24, 2.45) is 0 Å². The fraction of sp³-hybridized carbons (Fsp3) is 0.538. The van der Waals surface area contributed by atoms with Gasteiger partial charge in [-0.05, 0) is 25.0 Å². The molecule has 1 aliphatic heterocycles. The van der Waals surface area contributed by atoms with E-state index in [0.29, 0.717) is 6.54 Å². The Morgan fingerprint density at radius 2 is 2.00 bits per heavy atom. The molecule has 2 rings (SSSR count). The van der Waals surface area contributed by atoms with Gasteiger partial charge in [-0.3, -0.25) is 0 Å². The Morgan fingerprint density at radius 1 is 1.32 bits per heavy atom. The second-order valence-electron chi connectivity index (χ2n) is 4.96. The first-order chi connectivity index (χ1) is 9.00. The molecule has 0 aliphatic carbocycles. The molecule has 0 radical (unpaired) electrons. The van der Waals surface area contributed by atoms with E-state index in [-0.39, 0.29) is 6.04 Å². The predicted octanol–water partition coefficient (Wildman–Crippen LogP) is 1.05. The molecule has 0 saturated carbocycles. The highest BCUT2D eigenvalue weighted by atomic mass is 32.2. The van der Waals surface area contributed by atoms with Crippen LogP contribution in [0.3, 0.4) is 0 Å². The lowest BCUT2D eigenvalue weighted by Crippen LogP contribution is -2.44. The van der Waals surface area contributed by atoms with Gasteiger partial charge in [0.15, 0.2) is 0 Å². The van der Waals surface area contributed by atoms with Gasteiger partial charge in [0.25, 0.3) is 10.2 Å². The Bertz CT molecular complexity index is 502. The van der Waals surface area contributed by atoms with Gasteiger partial charge < -0.3 is 4.90 Å². The van der Waals surface area contributed by atoms with Crippen LogP contribution in [-0.4, -0.2) is 45.9 Å². The summed E-state index contributed by atoms with van der Waals surface area (Å²) in [6.07, 6.45) is 2.12. The molecular weight excluding hydrogens is 262 g/mol. The normalized spacial score (nSPS) is 20.2. The lowest BCUT2D eigenvalue weighted by atomic mass is 10.2. The van der Waals surface area contributed by atoms with E-state index in [4.69, 9.17) is 0 Å². The molecule has 1 heterocycles. The van der Waals surface area contributed by atoms with E-state index in [0.717, 1.165) is 25.1 Å². The molecule has 1 aromatic rings. The van der Waals surface area contributed by atoms with Crippen molar-refractivity contribution < 1.29 is 8.42 Å². The highest BCUT2D eigenvalue weighted by molar-refractivity contribution is 7.87. The molecule has 19 heavy (non-hydrogen) atoms. The van der Waals surface area contributed by atoms with Gasteiger partial charge in [-0.25, -0.2) is 4.72 Å². The Hall–Kier alpha value is -1.11. The second kappa shape index (κ2) is 5.90. The molecule has 1 N–H and O–H groups in total. The van der Waals surface area contributed by atoms with Crippen LogP contribution in [0.15, 0.2) is 30.3 Å². The monoisotopic (exact) mass is 283 g/mol. The van der Waals surface area contributed by atoms with E-state index in [1.54, 1.807) is 0 Å². The first-order valence-electron chi connectivity index (χ1n) is 6.49. The van der Waals surface area contributed by atoms with Gasteiger partial charge in [0.2, 0.25) is 0 Å². The standard InChI is InChI=1S/C13H21N3O2S/c1-15(2)19(17,18)14-11-13-9-6-10-16(13)12-7-4-3-5-8-12/h3-5,7-8,13-14H,6,9-11H2,1-2H3/t13-/m0/s1. The third kappa shape index (κ3) is 3.46. The molecule has 106 valence electrons. The number of anilines is 1. The number of benzene rings is 1. The summed E-state index contributed by atoms with van der Waals surface area (Å²) in [5, 5.41) is 0. The van der Waals surface area contributed by atoms with E-state index in [1.165, 1.54) is 18.4 Å². The molecule has 0 aromatic heterocycles. The van der Waals surface area contributed by atoms with E-state index in [1.807, 2.05) is 18.2 Å². The molecular formula is C13H21N3O2S. The Balaban J connectivity index is 2.01. The molecule has 1 aliphatic rings. The summed E-state index contributed by atoms with van der Waals surface area (Å²) in [6, 6.07) is 10.4. The molecule has 6 heteroatoms. The van der Waals surface area contributed by atoms with Gasteiger partial charge >= 0.3 is 0 Å². The summed E-state index contributed by atoms with van der Waals surface area (Å²) < 4.78 is 27.3. The zero-order valence-electron chi connectivity index (χ0n) is 11.4. The highest BCUT2D eigenvalue weighted by Gasteiger charge is 2.26. The average Bonchev–Trinajstić information content (AvgIpc) is 2.85. The second-order valence-corrected chi connectivity index (χ2v) is 6.93. The predicted molar refractivity (Wildman–Crippen MR) is 77.4 cm³/mol. The average molecular weight is 283 g/mol. The first-order valence-corrected chi connectivity index (χ1v) is 7.93. The van der Waals surface area contributed by atoms with E-state index < -0.39 is 10.2 Å². The zero-order chi connectivity index (χ0) is 13.9. The lowest BCUT2D eigenvalue weighted by Gasteiger charge is -2.27. The van der Waals surface area contributed by atoms with Crippen molar-refractivity contribution >= 4 is 15.9 Å². The van der Waals surface area contributed by atoms with Crippen LogP contribution in [0.25, 0.3) is 0 Å². The maximum atomic E-state index is 11.7. The molecule has 1 atom stereocenters. The minimum Gasteiger partial charge on any atom is -0.367 e. The first kappa shape index (κ1) is 14.3. The van der Waals surface area contributed by atoms with Crippen molar-refractivity contribution in [1.82, 2.24) is 9.03 Å². The van der Waals surface area contributed by atoms with Gasteiger partial charge in [0.05, 0.1) is 0 Å². The van der Waals surface area contributed by atoms with Gasteiger partial charge in [-0.15, -0.1) is 0 Å². The molecule has 1 aromatic carbocycles. The minimum absolute atomic E-state index is 0.233. The molecule has 5 nitrogen and oxygen atoms in total. The molecule has 0 unspecified atom stereocenters. The molecule has 1 fully saturated rings. The summed E-state index contributed by atoms with van der Waals surface area (Å²) >= 11 is 0. The largest absolute Gasteiger partial charge is 0.367 e. The SMILES string of the molecule is CN(C)S(=O)(=O)NC[C@@H]1CCCN1c1ccccc1. The number of hydrogen-bond acceptors (Lipinski definition) is 3. The van der Waals surface area contributed by atoms with Crippen LogP contribution in [0.5, 0.6) is 0 Å². The van der Waals surface area contributed by atoms with E-state index in [2.05, 4.69) is 21.8 Å². The number of rotatable bonds is 5. The molecule has 1 saturated heterocycles. The highest BCUT2D eigenvalue weighted by Crippen LogP contribution is 2.24.